The van der Waals surface area contributed by atoms with Gasteiger partial charge < -0.3 is 9.64 Å². The van der Waals surface area contributed by atoms with Gasteiger partial charge in [-0.1, -0.05) is 0 Å². The van der Waals surface area contributed by atoms with Crippen molar-refractivity contribution in [1.29, 1.82) is 5.26 Å². The van der Waals surface area contributed by atoms with E-state index in [2.05, 4.69) is 23.0 Å². The zero-order valence-electron chi connectivity index (χ0n) is 13.5. The molecule has 1 aromatic carbocycles. The zero-order chi connectivity index (χ0) is 16.1. The Labute approximate surface area is 137 Å². The summed E-state index contributed by atoms with van der Waals surface area (Å²) in [5.41, 5.74) is 1.48. The molecule has 5 heteroatoms. The molecule has 0 unspecified atom stereocenters. The Bertz CT molecular complexity index is 671. The van der Waals surface area contributed by atoms with Crippen LogP contribution in [-0.4, -0.2) is 40.4 Å². The third-order valence-corrected chi connectivity index (χ3v) is 4.36. The molecular formula is C18H22N4O. The predicted octanol–water partition coefficient (Wildman–Crippen LogP) is 3.00. The van der Waals surface area contributed by atoms with Crippen molar-refractivity contribution in [3.8, 4) is 17.5 Å². The minimum atomic E-state index is 0.557. The highest BCUT2D eigenvalue weighted by molar-refractivity contribution is 5.38. The molecule has 1 aliphatic heterocycles. The van der Waals surface area contributed by atoms with Crippen LogP contribution in [-0.2, 0) is 0 Å². The Morgan fingerprint density at radius 3 is 2.83 bits per heavy atom. The van der Waals surface area contributed by atoms with Gasteiger partial charge in [0.25, 0.3) is 0 Å². The molecule has 0 amide bonds. The first-order valence-electron chi connectivity index (χ1n) is 8.18. The van der Waals surface area contributed by atoms with Crippen molar-refractivity contribution >= 4 is 0 Å². The molecule has 1 aromatic heterocycles. The first-order valence-corrected chi connectivity index (χ1v) is 8.18. The fourth-order valence-electron chi connectivity index (χ4n) is 3.00. The molecule has 23 heavy (non-hydrogen) atoms. The number of hydrogen-bond acceptors (Lipinski definition) is 4. The number of nitriles is 1. The van der Waals surface area contributed by atoms with E-state index in [1.54, 1.807) is 17.1 Å². The lowest BCUT2D eigenvalue weighted by atomic mass is 10.2. The lowest BCUT2D eigenvalue weighted by Gasteiger charge is -2.20. The first kappa shape index (κ1) is 15.6. The Morgan fingerprint density at radius 1 is 1.35 bits per heavy atom. The van der Waals surface area contributed by atoms with E-state index in [-0.39, 0.29) is 0 Å². The minimum Gasteiger partial charge on any atom is -0.494 e. The Kier molecular flexibility index (Phi) is 4.94. The third kappa shape index (κ3) is 3.91. The third-order valence-electron chi connectivity index (χ3n) is 4.36. The Hall–Kier alpha value is -2.32. The minimum absolute atomic E-state index is 0.557. The van der Waals surface area contributed by atoms with Gasteiger partial charge in [-0.15, -0.1) is 0 Å². The van der Waals surface area contributed by atoms with Gasteiger partial charge in [-0.3, -0.25) is 0 Å². The maximum atomic E-state index is 8.83. The molecule has 0 saturated carbocycles. The maximum absolute atomic E-state index is 8.83. The van der Waals surface area contributed by atoms with E-state index in [1.165, 1.54) is 19.4 Å². The van der Waals surface area contributed by atoms with Crippen LogP contribution in [0.4, 0.5) is 0 Å². The molecule has 1 atom stereocenters. The van der Waals surface area contributed by atoms with Crippen molar-refractivity contribution < 1.29 is 4.74 Å². The van der Waals surface area contributed by atoms with Crippen molar-refractivity contribution in [2.24, 2.45) is 0 Å². The Morgan fingerprint density at radius 2 is 2.17 bits per heavy atom. The molecule has 5 nitrogen and oxygen atoms in total. The first-order chi connectivity index (χ1) is 11.3. The molecule has 120 valence electrons. The largest absolute Gasteiger partial charge is 0.494 e. The van der Waals surface area contributed by atoms with Gasteiger partial charge in [0.05, 0.1) is 24.1 Å². The summed E-state index contributed by atoms with van der Waals surface area (Å²) in [5.74, 6) is 0.871. The fourth-order valence-corrected chi connectivity index (χ4v) is 3.00. The number of ether oxygens (including phenoxy) is 1. The summed E-state index contributed by atoms with van der Waals surface area (Å²) in [6.45, 7) is 5.39. The van der Waals surface area contributed by atoms with Crippen LogP contribution >= 0.6 is 0 Å². The highest BCUT2D eigenvalue weighted by atomic mass is 16.5. The second-order valence-electron chi connectivity index (χ2n) is 6.01. The van der Waals surface area contributed by atoms with E-state index >= 15 is 0 Å². The number of nitrogens with zero attached hydrogens (tertiary/aromatic N) is 4. The smallest absolute Gasteiger partial charge is 0.119 e. The summed E-state index contributed by atoms with van der Waals surface area (Å²) >= 11 is 0. The number of aromatic nitrogens is 2. The molecule has 0 radical (unpaired) electrons. The van der Waals surface area contributed by atoms with E-state index in [1.807, 2.05) is 24.3 Å². The van der Waals surface area contributed by atoms with E-state index in [0.717, 1.165) is 37.1 Å². The molecular weight excluding hydrogens is 288 g/mol. The maximum Gasteiger partial charge on any atom is 0.119 e. The SMILES string of the molecule is C[C@@H]1CCCN1CCCOc1ccc(-n2cc(C#N)cn2)cc1. The van der Waals surface area contributed by atoms with Crippen molar-refractivity contribution in [2.45, 2.75) is 32.2 Å². The second-order valence-corrected chi connectivity index (χ2v) is 6.01. The van der Waals surface area contributed by atoms with Gasteiger partial charge in [-0.2, -0.15) is 10.4 Å². The average Bonchev–Trinajstić information content (AvgIpc) is 3.21. The van der Waals surface area contributed by atoms with Gasteiger partial charge in [0, 0.05) is 18.8 Å². The molecule has 1 saturated heterocycles. The molecule has 2 aromatic rings. The molecule has 3 rings (SSSR count). The molecule has 0 aliphatic carbocycles. The highest BCUT2D eigenvalue weighted by Crippen LogP contribution is 2.18. The molecule has 1 fully saturated rings. The van der Waals surface area contributed by atoms with Gasteiger partial charge in [0.2, 0.25) is 0 Å². The standard InChI is InChI=1S/C18H22N4O/c1-15-4-2-9-21(15)10-3-11-23-18-7-5-17(6-8-18)22-14-16(12-19)13-20-22/h5-8,13-15H,2-4,9-11H2,1H3/t15-/m1/s1. The quantitative estimate of drug-likeness (QED) is 0.770. The van der Waals surface area contributed by atoms with E-state index in [0.29, 0.717) is 5.56 Å². The van der Waals surface area contributed by atoms with E-state index in [9.17, 15) is 0 Å². The summed E-state index contributed by atoms with van der Waals surface area (Å²) < 4.78 is 7.50. The Balaban J connectivity index is 1.47. The summed E-state index contributed by atoms with van der Waals surface area (Å²) in [5, 5.41) is 13.0. The average molecular weight is 310 g/mol. The number of benzene rings is 1. The van der Waals surface area contributed by atoms with Gasteiger partial charge in [0.1, 0.15) is 11.8 Å². The summed E-state index contributed by atoms with van der Waals surface area (Å²) in [6, 6.07) is 10.6. The summed E-state index contributed by atoms with van der Waals surface area (Å²) in [4.78, 5) is 2.54. The highest BCUT2D eigenvalue weighted by Gasteiger charge is 2.18. The van der Waals surface area contributed by atoms with Crippen LogP contribution in [0.1, 0.15) is 31.7 Å². The van der Waals surface area contributed by atoms with Crippen molar-refractivity contribution in [3.05, 3.63) is 42.2 Å². The summed E-state index contributed by atoms with van der Waals surface area (Å²) in [7, 11) is 0. The number of rotatable bonds is 6. The second kappa shape index (κ2) is 7.30. The van der Waals surface area contributed by atoms with Crippen molar-refractivity contribution in [1.82, 2.24) is 14.7 Å². The molecule has 0 bridgehead atoms. The predicted molar refractivity (Wildman–Crippen MR) is 88.7 cm³/mol. The van der Waals surface area contributed by atoms with E-state index < -0.39 is 0 Å². The van der Waals surface area contributed by atoms with Crippen LogP contribution in [0.5, 0.6) is 5.75 Å². The summed E-state index contributed by atoms with van der Waals surface area (Å²) in [6.07, 6.45) is 6.97. The molecule has 2 heterocycles. The topological polar surface area (TPSA) is 54.1 Å². The number of likely N-dealkylation sites (tertiary alicyclic amines) is 1. The number of hydrogen-bond donors (Lipinski definition) is 0. The van der Waals surface area contributed by atoms with Crippen molar-refractivity contribution in [3.63, 3.8) is 0 Å². The normalized spacial score (nSPS) is 18.0. The van der Waals surface area contributed by atoms with Crippen LogP contribution in [0.2, 0.25) is 0 Å². The van der Waals surface area contributed by atoms with Gasteiger partial charge in [0.15, 0.2) is 0 Å². The zero-order valence-corrected chi connectivity index (χ0v) is 13.5. The van der Waals surface area contributed by atoms with Crippen LogP contribution in [0.25, 0.3) is 5.69 Å². The van der Waals surface area contributed by atoms with Gasteiger partial charge in [-0.05, 0) is 57.0 Å². The molecule has 0 N–H and O–H groups in total. The van der Waals surface area contributed by atoms with Gasteiger partial charge >= 0.3 is 0 Å². The monoisotopic (exact) mass is 310 g/mol. The van der Waals surface area contributed by atoms with Crippen LogP contribution in [0.15, 0.2) is 36.7 Å². The molecule has 0 spiro atoms. The van der Waals surface area contributed by atoms with E-state index in [4.69, 9.17) is 10.00 Å². The molecule has 1 aliphatic rings. The van der Waals surface area contributed by atoms with Gasteiger partial charge in [-0.25, -0.2) is 4.68 Å². The lowest BCUT2D eigenvalue weighted by Crippen LogP contribution is -2.28. The van der Waals surface area contributed by atoms with Crippen LogP contribution in [0.3, 0.4) is 0 Å². The van der Waals surface area contributed by atoms with Crippen LogP contribution < -0.4 is 4.74 Å². The fraction of sp³-hybridized carbons (Fsp3) is 0.444. The van der Waals surface area contributed by atoms with Crippen LogP contribution in [0, 0.1) is 11.3 Å². The lowest BCUT2D eigenvalue weighted by molar-refractivity contribution is 0.230. The van der Waals surface area contributed by atoms with Crippen molar-refractivity contribution in [2.75, 3.05) is 19.7 Å².